The van der Waals surface area contributed by atoms with E-state index in [0.29, 0.717) is 17.4 Å². The Labute approximate surface area is 445 Å². The molecule has 10 heteroatoms. The summed E-state index contributed by atoms with van der Waals surface area (Å²) in [6.07, 6.45) is 64.9. The first-order valence-electron chi connectivity index (χ1n) is 30.1. The molecule has 9 nitrogen and oxygen atoms in total. The van der Waals surface area contributed by atoms with E-state index in [1.807, 2.05) is 33.3 Å². The largest absolute Gasteiger partial charge is 0.472 e. The highest BCUT2D eigenvalue weighted by Crippen LogP contribution is 2.43. The highest BCUT2D eigenvalue weighted by Gasteiger charge is 2.30. The zero-order chi connectivity index (χ0) is 52.9. The van der Waals surface area contributed by atoms with E-state index in [1.165, 1.54) is 154 Å². The Morgan fingerprint density at radius 3 is 1.36 bits per heavy atom. The molecule has 0 saturated heterocycles. The Hall–Kier alpha value is -2.29. The Morgan fingerprint density at radius 1 is 0.500 bits per heavy atom. The molecular formula is C62H116N2O7P+. The van der Waals surface area contributed by atoms with Crippen LogP contribution < -0.4 is 5.32 Å². The number of hydrogen-bond donors (Lipinski definition) is 2. The van der Waals surface area contributed by atoms with Crippen LogP contribution in [0.15, 0.2) is 60.8 Å². The number of esters is 1. The van der Waals surface area contributed by atoms with E-state index in [2.05, 4.69) is 74.7 Å². The van der Waals surface area contributed by atoms with Crippen LogP contribution in [0.5, 0.6) is 0 Å². The number of carbonyl (C=O) groups is 2. The van der Waals surface area contributed by atoms with Crippen molar-refractivity contribution in [3.63, 3.8) is 0 Å². The predicted octanol–water partition coefficient (Wildman–Crippen LogP) is 18.3. The van der Waals surface area contributed by atoms with Crippen molar-refractivity contribution in [2.75, 3.05) is 40.9 Å². The molecule has 0 bridgehead atoms. The van der Waals surface area contributed by atoms with Gasteiger partial charge in [0.25, 0.3) is 0 Å². The number of hydrogen-bond acceptors (Lipinski definition) is 6. The molecule has 0 aromatic carbocycles. The van der Waals surface area contributed by atoms with Gasteiger partial charge in [-0.15, -0.1) is 0 Å². The van der Waals surface area contributed by atoms with Gasteiger partial charge >= 0.3 is 13.8 Å². The van der Waals surface area contributed by atoms with Gasteiger partial charge in [0.2, 0.25) is 5.91 Å². The highest BCUT2D eigenvalue weighted by atomic mass is 31.2. The molecule has 420 valence electrons. The fourth-order valence-electron chi connectivity index (χ4n) is 8.49. The lowest BCUT2D eigenvalue weighted by atomic mass is 10.0. The van der Waals surface area contributed by atoms with Crippen molar-refractivity contribution in [1.29, 1.82) is 0 Å². The van der Waals surface area contributed by atoms with Gasteiger partial charge in [-0.25, -0.2) is 4.57 Å². The number of ether oxygens (including phenoxy) is 1. The van der Waals surface area contributed by atoms with Gasteiger partial charge in [-0.3, -0.25) is 18.6 Å². The average Bonchev–Trinajstić information content (AvgIpc) is 3.34. The van der Waals surface area contributed by atoms with Gasteiger partial charge < -0.3 is 19.4 Å². The van der Waals surface area contributed by atoms with Crippen molar-refractivity contribution in [2.45, 2.75) is 283 Å². The third-order valence-corrected chi connectivity index (χ3v) is 14.2. The zero-order valence-corrected chi connectivity index (χ0v) is 48.8. The molecule has 0 aliphatic carbocycles. The van der Waals surface area contributed by atoms with Crippen LogP contribution in [0.4, 0.5) is 0 Å². The number of unbranched alkanes of at least 4 members (excludes halogenated alkanes) is 31. The van der Waals surface area contributed by atoms with Crippen LogP contribution in [0.25, 0.3) is 0 Å². The lowest BCUT2D eigenvalue weighted by Crippen LogP contribution is -2.47. The molecule has 0 aromatic rings. The van der Waals surface area contributed by atoms with E-state index in [4.69, 9.17) is 13.8 Å². The number of likely N-dealkylation sites (N-methyl/N-ethyl adjacent to an activating group) is 1. The minimum Gasteiger partial charge on any atom is -0.456 e. The van der Waals surface area contributed by atoms with E-state index >= 15 is 0 Å². The molecule has 0 spiro atoms. The number of carbonyl (C=O) groups excluding carboxylic acids is 2. The average molecular weight is 1030 g/mol. The minimum absolute atomic E-state index is 0.0363. The summed E-state index contributed by atoms with van der Waals surface area (Å²) in [7, 11) is 1.48. The molecule has 0 rings (SSSR count). The summed E-state index contributed by atoms with van der Waals surface area (Å²) < 4.78 is 30.6. The summed E-state index contributed by atoms with van der Waals surface area (Å²) in [5.41, 5.74) is 0. The molecule has 72 heavy (non-hydrogen) atoms. The second kappa shape index (κ2) is 52.2. The smallest absolute Gasteiger partial charge is 0.456 e. The number of phosphoric acid groups is 1. The van der Waals surface area contributed by atoms with Gasteiger partial charge in [-0.05, 0) is 89.5 Å². The third kappa shape index (κ3) is 52.6. The maximum Gasteiger partial charge on any atom is 0.472 e. The van der Waals surface area contributed by atoms with E-state index in [-0.39, 0.29) is 31.5 Å². The zero-order valence-electron chi connectivity index (χ0n) is 47.9. The first-order chi connectivity index (χ1) is 34.9. The number of quaternary nitrogens is 1. The van der Waals surface area contributed by atoms with Crippen molar-refractivity contribution in [1.82, 2.24) is 5.32 Å². The second-order valence-electron chi connectivity index (χ2n) is 21.5. The number of phosphoric ester groups is 1. The van der Waals surface area contributed by atoms with Crippen molar-refractivity contribution in [2.24, 2.45) is 0 Å². The molecule has 3 atom stereocenters. The molecule has 0 aliphatic rings. The summed E-state index contributed by atoms with van der Waals surface area (Å²) in [5.74, 6) is -0.520. The molecule has 3 unspecified atom stereocenters. The van der Waals surface area contributed by atoms with Gasteiger partial charge in [0.05, 0.1) is 33.8 Å². The standard InChI is InChI=1S/C62H115N2O7P/c1-7-10-13-16-19-22-25-28-30-31-32-33-35-36-39-42-45-48-51-54-61(65)63-59(58-70-72(67,68)69-57-56-64(4,5)6)60(53-50-47-44-41-38-27-24-21-18-15-12-9-3)71-62(66)55-52-49-46-43-40-37-34-29-26-23-20-17-14-11-8-2/h19-20,22-23,26,28-30,50,53,59-60H,7-18,21,24-25,27,31-49,51-52,54-58H2,1-6H3,(H-,63,65,67,68)/p+1/b22-19-,23-20+,29-26+,30-28-,53-50-. The fraction of sp³-hybridized carbons (Fsp3) is 0.806. The van der Waals surface area contributed by atoms with Gasteiger partial charge in [0.15, 0.2) is 0 Å². The molecule has 2 N–H and O–H groups in total. The van der Waals surface area contributed by atoms with Crippen LogP contribution in [0, 0.1) is 0 Å². The van der Waals surface area contributed by atoms with E-state index < -0.39 is 20.0 Å². The molecule has 0 aromatic heterocycles. The Bertz CT molecular complexity index is 1420. The van der Waals surface area contributed by atoms with Crippen molar-refractivity contribution in [3.05, 3.63) is 60.8 Å². The maximum atomic E-state index is 13.5. The summed E-state index contributed by atoms with van der Waals surface area (Å²) in [6, 6.07) is -0.855. The topological polar surface area (TPSA) is 111 Å². The monoisotopic (exact) mass is 1030 g/mol. The van der Waals surface area contributed by atoms with Crippen LogP contribution >= 0.6 is 7.82 Å². The van der Waals surface area contributed by atoms with Gasteiger partial charge in [0, 0.05) is 12.8 Å². The van der Waals surface area contributed by atoms with Crippen LogP contribution in [0.3, 0.4) is 0 Å². The first kappa shape index (κ1) is 69.7. The van der Waals surface area contributed by atoms with Gasteiger partial charge in [0.1, 0.15) is 19.3 Å². The van der Waals surface area contributed by atoms with E-state index in [0.717, 1.165) is 83.5 Å². The van der Waals surface area contributed by atoms with Gasteiger partial charge in [-0.1, -0.05) is 230 Å². The molecule has 0 aliphatic heterocycles. The normalized spacial score (nSPS) is 14.2. The summed E-state index contributed by atoms with van der Waals surface area (Å²) in [4.78, 5) is 37.6. The Kier molecular flexibility index (Phi) is 50.5. The van der Waals surface area contributed by atoms with E-state index in [9.17, 15) is 19.0 Å². The minimum atomic E-state index is -4.45. The fourth-order valence-corrected chi connectivity index (χ4v) is 9.23. The quantitative estimate of drug-likeness (QED) is 0.0156. The Balaban J connectivity index is 5.30. The van der Waals surface area contributed by atoms with Crippen LogP contribution in [0.2, 0.25) is 0 Å². The molecule has 0 saturated carbocycles. The number of nitrogens with zero attached hydrogens (tertiary/aromatic N) is 1. The summed E-state index contributed by atoms with van der Waals surface area (Å²) in [6.45, 7) is 6.95. The van der Waals surface area contributed by atoms with Gasteiger partial charge in [-0.2, -0.15) is 0 Å². The van der Waals surface area contributed by atoms with Crippen molar-refractivity contribution < 1.29 is 37.3 Å². The number of allylic oxidation sites excluding steroid dienone is 9. The SMILES string of the molecule is CCCCC/C=C\C/C=C\CCCCCCCCCCCC(=O)NC(COP(=O)(O)OCC[N+](C)(C)C)C(/C=C\CCCCCCCCCCCC)OC(=O)CCCCCCCC/C=C/C=C/CCCCC. The summed E-state index contributed by atoms with van der Waals surface area (Å²) >= 11 is 0. The Morgan fingerprint density at radius 2 is 0.889 bits per heavy atom. The number of nitrogens with one attached hydrogen (secondary N) is 1. The lowest BCUT2D eigenvalue weighted by molar-refractivity contribution is -0.870. The molecular weight excluding hydrogens is 916 g/mol. The maximum absolute atomic E-state index is 13.5. The highest BCUT2D eigenvalue weighted by molar-refractivity contribution is 7.47. The van der Waals surface area contributed by atoms with Crippen LogP contribution in [-0.4, -0.2) is 74.3 Å². The van der Waals surface area contributed by atoms with Crippen molar-refractivity contribution in [3.8, 4) is 0 Å². The van der Waals surface area contributed by atoms with Crippen LogP contribution in [-0.2, 0) is 27.9 Å². The molecule has 1 amide bonds. The lowest BCUT2D eigenvalue weighted by Gasteiger charge is -2.27. The molecule has 0 heterocycles. The number of rotatable bonds is 54. The summed E-state index contributed by atoms with van der Waals surface area (Å²) in [5, 5.41) is 3.05. The number of amides is 1. The first-order valence-corrected chi connectivity index (χ1v) is 31.6. The third-order valence-electron chi connectivity index (χ3n) is 13.2. The van der Waals surface area contributed by atoms with E-state index in [1.54, 1.807) is 0 Å². The van der Waals surface area contributed by atoms with Crippen LogP contribution in [0.1, 0.15) is 271 Å². The second-order valence-corrected chi connectivity index (χ2v) is 23.0. The predicted molar refractivity (Wildman–Crippen MR) is 309 cm³/mol. The molecule has 0 radical (unpaired) electrons. The molecule has 0 fully saturated rings. The van der Waals surface area contributed by atoms with Crippen molar-refractivity contribution >= 4 is 19.7 Å².